The molecule has 2 nitrogen and oxygen atoms in total. The Labute approximate surface area is 96.1 Å². The normalized spacial score (nSPS) is 24.0. The number of likely N-dealkylation sites (tertiary alicyclic amines) is 1. The van der Waals surface area contributed by atoms with Crippen molar-refractivity contribution in [2.24, 2.45) is 0 Å². The van der Waals surface area contributed by atoms with Crippen LogP contribution in [0.15, 0.2) is 0 Å². The van der Waals surface area contributed by atoms with Crippen LogP contribution in [0.1, 0.15) is 32.6 Å². The van der Waals surface area contributed by atoms with Gasteiger partial charge >= 0.3 is 0 Å². The van der Waals surface area contributed by atoms with Crippen molar-refractivity contribution in [1.82, 2.24) is 4.90 Å². The van der Waals surface area contributed by atoms with E-state index in [0.717, 1.165) is 37.6 Å². The molecule has 0 amide bonds. The Kier molecular flexibility index (Phi) is 6.82. The van der Waals surface area contributed by atoms with Crippen LogP contribution >= 0.6 is 15.9 Å². The molecule has 0 radical (unpaired) electrons. The predicted molar refractivity (Wildman–Crippen MR) is 64.1 cm³/mol. The monoisotopic (exact) mass is 263 g/mol. The summed E-state index contributed by atoms with van der Waals surface area (Å²) in [4.78, 5) is 2.56. The summed E-state index contributed by atoms with van der Waals surface area (Å²) in [5.41, 5.74) is 0. The van der Waals surface area contributed by atoms with Gasteiger partial charge in [-0.1, -0.05) is 29.3 Å². The minimum atomic E-state index is 0.744. The number of rotatable bonds is 6. The topological polar surface area (TPSA) is 12.5 Å². The molecule has 1 heterocycles. The van der Waals surface area contributed by atoms with Gasteiger partial charge in [-0.05, 0) is 25.8 Å². The molecule has 1 fully saturated rings. The maximum atomic E-state index is 5.52. The molecular formula is C11H22BrNO. The smallest absolute Gasteiger partial charge is 0.0593 e. The second-order valence-corrected chi connectivity index (χ2v) is 4.60. The van der Waals surface area contributed by atoms with Crippen molar-refractivity contribution in [1.29, 1.82) is 0 Å². The molecule has 14 heavy (non-hydrogen) atoms. The van der Waals surface area contributed by atoms with E-state index in [1.165, 1.54) is 25.8 Å². The molecular weight excluding hydrogens is 242 g/mol. The van der Waals surface area contributed by atoms with Gasteiger partial charge in [0.25, 0.3) is 0 Å². The quantitative estimate of drug-likeness (QED) is 0.540. The maximum Gasteiger partial charge on any atom is 0.0593 e. The molecule has 0 aromatic rings. The van der Waals surface area contributed by atoms with Gasteiger partial charge in [-0.25, -0.2) is 0 Å². The van der Waals surface area contributed by atoms with Crippen LogP contribution in [0.5, 0.6) is 0 Å². The maximum absolute atomic E-state index is 5.52. The van der Waals surface area contributed by atoms with Crippen molar-refractivity contribution in [3.8, 4) is 0 Å². The molecule has 0 saturated carbocycles. The Balaban J connectivity index is 2.13. The van der Waals surface area contributed by atoms with Crippen LogP contribution in [0.2, 0.25) is 0 Å². The first-order chi connectivity index (χ1) is 6.88. The lowest BCUT2D eigenvalue weighted by atomic mass is 10.0. The molecule has 1 saturated heterocycles. The first-order valence-corrected chi connectivity index (χ1v) is 6.88. The van der Waals surface area contributed by atoms with E-state index in [-0.39, 0.29) is 0 Å². The highest BCUT2D eigenvalue weighted by Crippen LogP contribution is 2.17. The number of halogens is 1. The highest BCUT2D eigenvalue weighted by molar-refractivity contribution is 9.09. The minimum Gasteiger partial charge on any atom is -0.380 e. The van der Waals surface area contributed by atoms with E-state index < -0.39 is 0 Å². The third-order valence-electron chi connectivity index (χ3n) is 2.80. The van der Waals surface area contributed by atoms with Crippen LogP contribution in [0.25, 0.3) is 0 Å². The summed E-state index contributed by atoms with van der Waals surface area (Å²) in [6, 6.07) is 0.744. The second kappa shape index (κ2) is 7.66. The number of alkyl halides is 1. The lowest BCUT2D eigenvalue weighted by Crippen LogP contribution is -2.42. The number of nitrogens with zero attached hydrogens (tertiary/aromatic N) is 1. The molecule has 0 N–H and O–H groups in total. The summed E-state index contributed by atoms with van der Waals surface area (Å²) >= 11 is 3.59. The van der Waals surface area contributed by atoms with Crippen LogP contribution in [-0.4, -0.2) is 42.6 Å². The number of piperidine rings is 1. The number of ether oxygens (including phenoxy) is 1. The molecule has 1 atom stereocenters. The van der Waals surface area contributed by atoms with Crippen LogP contribution in [0, 0.1) is 0 Å². The van der Waals surface area contributed by atoms with Crippen LogP contribution in [-0.2, 0) is 4.74 Å². The van der Waals surface area contributed by atoms with E-state index in [2.05, 4.69) is 27.8 Å². The fourth-order valence-corrected chi connectivity index (χ4v) is 2.69. The zero-order valence-electron chi connectivity index (χ0n) is 9.17. The molecule has 1 unspecified atom stereocenters. The van der Waals surface area contributed by atoms with Gasteiger partial charge < -0.3 is 4.74 Å². The fourth-order valence-electron chi connectivity index (χ4n) is 1.96. The van der Waals surface area contributed by atoms with Crippen molar-refractivity contribution in [3.63, 3.8) is 0 Å². The van der Waals surface area contributed by atoms with Crippen molar-refractivity contribution in [2.75, 3.05) is 31.6 Å². The zero-order valence-corrected chi connectivity index (χ0v) is 10.8. The van der Waals surface area contributed by atoms with Gasteiger partial charge in [-0.2, -0.15) is 0 Å². The lowest BCUT2D eigenvalue weighted by molar-refractivity contribution is 0.0783. The Morgan fingerprint density at radius 2 is 2.21 bits per heavy atom. The molecule has 0 spiro atoms. The molecule has 1 rings (SSSR count). The van der Waals surface area contributed by atoms with E-state index in [4.69, 9.17) is 4.74 Å². The van der Waals surface area contributed by atoms with Gasteiger partial charge in [0, 0.05) is 24.5 Å². The van der Waals surface area contributed by atoms with Gasteiger partial charge in [-0.3, -0.25) is 4.90 Å². The van der Waals surface area contributed by atoms with E-state index in [1.807, 2.05) is 0 Å². The summed E-state index contributed by atoms with van der Waals surface area (Å²) in [6.45, 7) is 6.33. The Bertz CT molecular complexity index is 143. The first-order valence-electron chi connectivity index (χ1n) is 5.76. The van der Waals surface area contributed by atoms with Crippen molar-refractivity contribution in [2.45, 2.75) is 38.6 Å². The SMILES string of the molecule is CCCOCCN1CCCCC1CBr. The summed E-state index contributed by atoms with van der Waals surface area (Å²) < 4.78 is 5.52. The van der Waals surface area contributed by atoms with Crippen LogP contribution in [0.3, 0.4) is 0 Å². The highest BCUT2D eigenvalue weighted by Gasteiger charge is 2.20. The molecule has 0 aliphatic carbocycles. The number of hydrogen-bond donors (Lipinski definition) is 0. The molecule has 84 valence electrons. The summed E-state index contributed by atoms with van der Waals surface area (Å²) in [5, 5.41) is 1.11. The highest BCUT2D eigenvalue weighted by atomic mass is 79.9. The van der Waals surface area contributed by atoms with Gasteiger partial charge in [-0.15, -0.1) is 0 Å². The average molecular weight is 264 g/mol. The van der Waals surface area contributed by atoms with Crippen molar-refractivity contribution < 1.29 is 4.74 Å². The summed E-state index contributed by atoms with van der Waals surface area (Å²) in [6.07, 6.45) is 5.22. The Morgan fingerprint density at radius 1 is 1.36 bits per heavy atom. The molecule has 3 heteroatoms. The molecule has 0 aromatic carbocycles. The molecule has 0 aromatic heterocycles. The fraction of sp³-hybridized carbons (Fsp3) is 1.00. The molecule has 1 aliphatic rings. The van der Waals surface area contributed by atoms with E-state index >= 15 is 0 Å². The third-order valence-corrected chi connectivity index (χ3v) is 3.55. The standard InChI is InChI=1S/C11H22BrNO/c1-2-8-14-9-7-13-6-4-3-5-11(13)10-12/h11H,2-10H2,1H3. The van der Waals surface area contributed by atoms with Gasteiger partial charge in [0.2, 0.25) is 0 Å². The van der Waals surface area contributed by atoms with Crippen LogP contribution in [0.4, 0.5) is 0 Å². The van der Waals surface area contributed by atoms with Crippen LogP contribution < -0.4 is 0 Å². The first kappa shape index (κ1) is 12.5. The predicted octanol–water partition coefficient (Wildman–Crippen LogP) is 2.66. The van der Waals surface area contributed by atoms with E-state index in [1.54, 1.807) is 0 Å². The number of hydrogen-bond acceptors (Lipinski definition) is 2. The Hall–Kier alpha value is 0.400. The second-order valence-electron chi connectivity index (χ2n) is 3.95. The zero-order chi connectivity index (χ0) is 10.2. The molecule has 0 bridgehead atoms. The summed E-state index contributed by atoms with van der Waals surface area (Å²) in [5.74, 6) is 0. The molecule has 1 aliphatic heterocycles. The summed E-state index contributed by atoms with van der Waals surface area (Å²) in [7, 11) is 0. The van der Waals surface area contributed by atoms with E-state index in [9.17, 15) is 0 Å². The third kappa shape index (κ3) is 4.28. The lowest BCUT2D eigenvalue weighted by Gasteiger charge is -2.34. The van der Waals surface area contributed by atoms with Gasteiger partial charge in [0.15, 0.2) is 0 Å². The van der Waals surface area contributed by atoms with Gasteiger partial charge in [0.1, 0.15) is 0 Å². The van der Waals surface area contributed by atoms with E-state index in [0.29, 0.717) is 0 Å². The largest absolute Gasteiger partial charge is 0.380 e. The van der Waals surface area contributed by atoms with Crippen molar-refractivity contribution >= 4 is 15.9 Å². The van der Waals surface area contributed by atoms with Crippen molar-refractivity contribution in [3.05, 3.63) is 0 Å². The minimum absolute atomic E-state index is 0.744. The Morgan fingerprint density at radius 3 is 2.93 bits per heavy atom. The van der Waals surface area contributed by atoms with Gasteiger partial charge in [0.05, 0.1) is 6.61 Å². The average Bonchev–Trinajstić information content (AvgIpc) is 2.25.